The van der Waals surface area contributed by atoms with Crippen LogP contribution in [-0.2, 0) is 17.8 Å². The van der Waals surface area contributed by atoms with E-state index in [1.807, 2.05) is 38.1 Å². The quantitative estimate of drug-likeness (QED) is 0.603. The number of nitrogens with one attached hydrogen (secondary N) is 1. The van der Waals surface area contributed by atoms with Gasteiger partial charge in [0.15, 0.2) is 6.61 Å². The van der Waals surface area contributed by atoms with Crippen LogP contribution in [0.1, 0.15) is 36.0 Å². The van der Waals surface area contributed by atoms with Gasteiger partial charge < -0.3 is 19.2 Å². The van der Waals surface area contributed by atoms with Crippen LogP contribution in [0.5, 0.6) is 5.75 Å². The molecule has 2 heterocycles. The molecule has 27 heavy (non-hydrogen) atoms. The summed E-state index contributed by atoms with van der Waals surface area (Å²) in [7, 11) is 0. The van der Waals surface area contributed by atoms with Gasteiger partial charge in [-0.25, -0.2) is 9.78 Å². The zero-order valence-corrected chi connectivity index (χ0v) is 15.1. The molecule has 1 aromatic carbocycles. The second-order valence-corrected chi connectivity index (χ2v) is 5.50. The van der Waals surface area contributed by atoms with E-state index in [2.05, 4.69) is 20.5 Å². The monoisotopic (exact) mass is 368 g/mol. The van der Waals surface area contributed by atoms with E-state index in [0.717, 1.165) is 11.4 Å². The molecule has 0 saturated heterocycles. The Morgan fingerprint density at radius 2 is 1.89 bits per heavy atom. The number of hydrogen-bond donors (Lipinski definition) is 1. The molecular weight excluding hydrogens is 348 g/mol. The maximum atomic E-state index is 12.4. The molecule has 0 fully saturated rings. The first-order valence-corrected chi connectivity index (χ1v) is 8.63. The normalized spacial score (nSPS) is 10.4. The number of carbonyl (C=O) groups is 1. The number of aromatic nitrogens is 3. The van der Waals surface area contributed by atoms with Gasteiger partial charge in [0.2, 0.25) is 5.89 Å². The zero-order chi connectivity index (χ0) is 19.1. The van der Waals surface area contributed by atoms with Gasteiger partial charge in [0.1, 0.15) is 17.1 Å². The van der Waals surface area contributed by atoms with Gasteiger partial charge in [0.25, 0.3) is 5.89 Å². The van der Waals surface area contributed by atoms with Crippen LogP contribution in [0.25, 0.3) is 0 Å². The number of esters is 1. The number of nitrogens with zero attached hydrogens (tertiary/aromatic N) is 3. The molecule has 0 unspecified atom stereocenters. The number of ether oxygens (including phenoxy) is 2. The van der Waals surface area contributed by atoms with Crippen LogP contribution < -0.4 is 10.1 Å². The lowest BCUT2D eigenvalue weighted by molar-refractivity contribution is 0.0437. The third kappa shape index (κ3) is 4.81. The number of benzene rings is 1. The van der Waals surface area contributed by atoms with Crippen molar-refractivity contribution >= 4 is 17.5 Å². The van der Waals surface area contributed by atoms with Crippen LogP contribution in [0, 0.1) is 0 Å². The average Bonchev–Trinajstić information content (AvgIpc) is 3.16. The maximum Gasteiger partial charge on any atom is 0.342 e. The van der Waals surface area contributed by atoms with E-state index >= 15 is 0 Å². The topological polar surface area (TPSA) is 99.4 Å². The number of hydrogen-bond acceptors (Lipinski definition) is 8. The Hall–Kier alpha value is -3.42. The van der Waals surface area contributed by atoms with E-state index < -0.39 is 5.97 Å². The molecule has 3 rings (SSSR count). The minimum atomic E-state index is -0.534. The molecule has 140 valence electrons. The maximum absolute atomic E-state index is 12.4. The molecule has 0 aliphatic carbocycles. The number of carbonyl (C=O) groups excluding carboxylic acids is 1. The van der Waals surface area contributed by atoms with Crippen LogP contribution in [0.3, 0.4) is 0 Å². The highest BCUT2D eigenvalue weighted by molar-refractivity contribution is 5.95. The number of aryl methyl sites for hydroxylation is 1. The predicted octanol–water partition coefficient (Wildman–Crippen LogP) is 3.53. The van der Waals surface area contributed by atoms with Crippen molar-refractivity contribution in [2.75, 3.05) is 11.9 Å². The lowest BCUT2D eigenvalue weighted by Gasteiger charge is -2.11. The summed E-state index contributed by atoms with van der Waals surface area (Å²) in [5.74, 6) is 1.39. The fourth-order valence-electron chi connectivity index (χ4n) is 2.30. The third-order valence-electron chi connectivity index (χ3n) is 3.59. The lowest BCUT2D eigenvalue weighted by atomic mass is 10.2. The van der Waals surface area contributed by atoms with Gasteiger partial charge in [-0.15, -0.1) is 10.2 Å². The van der Waals surface area contributed by atoms with E-state index in [-0.39, 0.29) is 12.5 Å². The van der Waals surface area contributed by atoms with Gasteiger partial charge in [-0.3, -0.25) is 0 Å². The number of pyridine rings is 1. The van der Waals surface area contributed by atoms with Crippen LogP contribution in [0.2, 0.25) is 0 Å². The van der Waals surface area contributed by atoms with Gasteiger partial charge in [-0.05, 0) is 43.3 Å². The molecule has 2 aromatic heterocycles. The van der Waals surface area contributed by atoms with E-state index in [1.165, 1.54) is 0 Å². The molecule has 0 aliphatic rings. The first kappa shape index (κ1) is 18.4. The molecule has 3 aromatic rings. The first-order valence-electron chi connectivity index (χ1n) is 8.63. The minimum Gasteiger partial charge on any atom is -0.494 e. The van der Waals surface area contributed by atoms with Crippen molar-refractivity contribution in [3.05, 3.63) is 59.9 Å². The van der Waals surface area contributed by atoms with Crippen LogP contribution in [0.15, 0.2) is 47.0 Å². The van der Waals surface area contributed by atoms with Crippen LogP contribution >= 0.6 is 0 Å². The summed E-state index contributed by atoms with van der Waals surface area (Å²) in [5.41, 5.74) is 1.08. The van der Waals surface area contributed by atoms with Crippen LogP contribution in [-0.4, -0.2) is 27.8 Å². The Balaban J connectivity index is 1.68. The van der Waals surface area contributed by atoms with Crippen molar-refractivity contribution in [2.45, 2.75) is 26.9 Å². The molecule has 0 spiro atoms. The van der Waals surface area contributed by atoms with Crippen molar-refractivity contribution in [1.82, 2.24) is 15.2 Å². The predicted molar refractivity (Wildman–Crippen MR) is 97.9 cm³/mol. The van der Waals surface area contributed by atoms with Crippen molar-refractivity contribution in [2.24, 2.45) is 0 Å². The number of rotatable bonds is 8. The summed E-state index contributed by atoms with van der Waals surface area (Å²) in [5, 5.41) is 10.8. The molecular formula is C19H20N4O4. The molecule has 0 saturated carbocycles. The Labute approximate surface area is 156 Å². The Kier molecular flexibility index (Phi) is 5.98. The highest BCUT2D eigenvalue weighted by Crippen LogP contribution is 2.22. The van der Waals surface area contributed by atoms with Gasteiger partial charge >= 0.3 is 5.97 Å². The summed E-state index contributed by atoms with van der Waals surface area (Å²) in [6.45, 7) is 4.33. The SMILES string of the molecule is CCOc1ccc(Nc2ncccc2C(=O)OCc2nnc(CC)o2)cc1. The van der Waals surface area contributed by atoms with Crippen molar-refractivity contribution in [3.63, 3.8) is 0 Å². The second kappa shape index (κ2) is 8.79. The zero-order valence-electron chi connectivity index (χ0n) is 15.1. The molecule has 1 N–H and O–H groups in total. The summed E-state index contributed by atoms with van der Waals surface area (Å²) >= 11 is 0. The number of anilines is 2. The fourth-order valence-corrected chi connectivity index (χ4v) is 2.30. The Morgan fingerprint density at radius 1 is 1.11 bits per heavy atom. The van der Waals surface area contributed by atoms with Crippen molar-refractivity contribution in [3.8, 4) is 5.75 Å². The summed E-state index contributed by atoms with van der Waals surface area (Å²) in [6.07, 6.45) is 2.22. The van der Waals surface area contributed by atoms with E-state index in [9.17, 15) is 4.79 Å². The molecule has 0 radical (unpaired) electrons. The largest absolute Gasteiger partial charge is 0.494 e. The minimum absolute atomic E-state index is 0.0940. The van der Waals surface area contributed by atoms with Crippen molar-refractivity contribution in [1.29, 1.82) is 0 Å². The highest BCUT2D eigenvalue weighted by Gasteiger charge is 2.16. The molecule has 0 amide bonds. The summed E-state index contributed by atoms with van der Waals surface area (Å²) in [6, 6.07) is 10.7. The van der Waals surface area contributed by atoms with Gasteiger partial charge in [0, 0.05) is 18.3 Å². The molecule has 0 bridgehead atoms. The summed E-state index contributed by atoms with van der Waals surface area (Å²) < 4.78 is 16.0. The van der Waals surface area contributed by atoms with E-state index in [4.69, 9.17) is 13.9 Å². The van der Waals surface area contributed by atoms with Gasteiger partial charge in [0.05, 0.1) is 6.61 Å². The fraction of sp³-hybridized carbons (Fsp3) is 0.263. The van der Waals surface area contributed by atoms with Crippen LogP contribution in [0.4, 0.5) is 11.5 Å². The highest BCUT2D eigenvalue weighted by atomic mass is 16.5. The molecule has 8 nitrogen and oxygen atoms in total. The second-order valence-electron chi connectivity index (χ2n) is 5.50. The van der Waals surface area contributed by atoms with Gasteiger partial charge in [-0.1, -0.05) is 6.92 Å². The van der Waals surface area contributed by atoms with Crippen molar-refractivity contribution < 1.29 is 18.7 Å². The Morgan fingerprint density at radius 3 is 2.59 bits per heavy atom. The van der Waals surface area contributed by atoms with E-state index in [0.29, 0.717) is 30.3 Å². The lowest BCUT2D eigenvalue weighted by Crippen LogP contribution is -2.09. The molecule has 8 heteroatoms. The molecule has 0 aliphatic heterocycles. The first-order chi connectivity index (χ1) is 13.2. The smallest absolute Gasteiger partial charge is 0.342 e. The average molecular weight is 368 g/mol. The molecule has 0 atom stereocenters. The summed E-state index contributed by atoms with van der Waals surface area (Å²) in [4.78, 5) is 16.7. The standard InChI is InChI=1S/C19H20N4O4/c1-3-16-22-23-17(27-16)12-26-19(24)15-6-5-11-20-18(15)21-13-7-9-14(10-8-13)25-4-2/h5-11H,3-4,12H2,1-2H3,(H,20,21). The Bertz CT molecular complexity index is 893. The van der Waals surface area contributed by atoms with Gasteiger partial charge in [-0.2, -0.15) is 0 Å². The third-order valence-corrected chi connectivity index (χ3v) is 3.59. The van der Waals surface area contributed by atoms with E-state index in [1.54, 1.807) is 18.3 Å².